The molecular weight excluding hydrogens is 436 g/mol. The number of Topliss-reactive ketones (excluding diaryl/α,β-unsaturated/α-hetero) is 1. The predicted octanol–water partition coefficient (Wildman–Crippen LogP) is 3.05. The topological polar surface area (TPSA) is 110 Å². The summed E-state index contributed by atoms with van der Waals surface area (Å²) in [5.74, 6) is -3.19. The number of carbonyl (C=O) groups excluding carboxylic acids is 3. The SMILES string of the molecule is C/C=C(/C)C(=O)O[C@@]12C[C@@H](C)[C@@]3(O)C(C=C(COC(C)=O)C[C@]4(O)C(=O)C(C)=C[C@@H]34)[C@H]1C2(C)C. The lowest BCUT2D eigenvalue weighted by atomic mass is 9.60. The number of aliphatic hydroxyl groups is 2. The number of esters is 2. The number of hydrogen-bond donors (Lipinski definition) is 2. The first-order valence-electron chi connectivity index (χ1n) is 12.0. The van der Waals surface area contributed by atoms with E-state index in [1.54, 1.807) is 32.9 Å². The van der Waals surface area contributed by atoms with E-state index in [0.29, 0.717) is 23.1 Å². The smallest absolute Gasteiger partial charge is 0.333 e. The summed E-state index contributed by atoms with van der Waals surface area (Å²) in [5, 5.41) is 24.1. The molecule has 2 saturated carbocycles. The highest BCUT2D eigenvalue weighted by Gasteiger charge is 2.83. The number of fused-ring (bicyclic) bond motifs is 5. The minimum atomic E-state index is -1.81. The zero-order valence-corrected chi connectivity index (χ0v) is 21.1. The second-order valence-corrected chi connectivity index (χ2v) is 11.3. The fourth-order valence-corrected chi connectivity index (χ4v) is 7.15. The lowest BCUT2D eigenvalue weighted by molar-refractivity contribution is -0.185. The van der Waals surface area contributed by atoms with Gasteiger partial charge in [0.15, 0.2) is 5.78 Å². The summed E-state index contributed by atoms with van der Waals surface area (Å²) in [7, 11) is 0. The van der Waals surface area contributed by atoms with E-state index in [0.717, 1.165) is 0 Å². The molecule has 0 saturated heterocycles. The van der Waals surface area contributed by atoms with Crippen LogP contribution in [0.3, 0.4) is 0 Å². The van der Waals surface area contributed by atoms with Crippen molar-refractivity contribution in [3.63, 3.8) is 0 Å². The van der Waals surface area contributed by atoms with E-state index in [4.69, 9.17) is 9.47 Å². The number of allylic oxidation sites excluding steroid dienone is 1. The third-order valence-electron chi connectivity index (χ3n) is 9.16. The molecule has 7 nitrogen and oxygen atoms in total. The van der Waals surface area contributed by atoms with Crippen LogP contribution in [0, 0.1) is 29.1 Å². The molecule has 0 spiro atoms. The van der Waals surface area contributed by atoms with Crippen LogP contribution in [0.5, 0.6) is 0 Å². The molecule has 0 aromatic carbocycles. The molecule has 7 atom stereocenters. The Kier molecular flexibility index (Phi) is 5.57. The van der Waals surface area contributed by atoms with Crippen LogP contribution >= 0.6 is 0 Å². The van der Waals surface area contributed by atoms with Gasteiger partial charge < -0.3 is 19.7 Å². The van der Waals surface area contributed by atoms with Gasteiger partial charge in [0.1, 0.15) is 17.8 Å². The molecule has 186 valence electrons. The minimum absolute atomic E-state index is 0.0270. The number of hydrogen-bond acceptors (Lipinski definition) is 7. The van der Waals surface area contributed by atoms with Gasteiger partial charge in [-0.1, -0.05) is 39.0 Å². The molecule has 2 fully saturated rings. The van der Waals surface area contributed by atoms with Gasteiger partial charge >= 0.3 is 11.9 Å². The zero-order valence-electron chi connectivity index (χ0n) is 21.1. The fraction of sp³-hybridized carbons (Fsp3) is 0.667. The molecule has 0 radical (unpaired) electrons. The Labute approximate surface area is 200 Å². The summed E-state index contributed by atoms with van der Waals surface area (Å²) >= 11 is 0. The fourth-order valence-electron chi connectivity index (χ4n) is 7.15. The molecular formula is C27H36O7. The summed E-state index contributed by atoms with van der Waals surface area (Å²) in [6.45, 7) is 12.3. The summed E-state index contributed by atoms with van der Waals surface area (Å²) in [6, 6.07) is 0. The van der Waals surface area contributed by atoms with E-state index in [1.807, 2.05) is 26.8 Å². The Balaban J connectivity index is 1.84. The number of rotatable bonds is 4. The average molecular weight is 473 g/mol. The minimum Gasteiger partial charge on any atom is -0.461 e. The van der Waals surface area contributed by atoms with Crippen LogP contribution in [0.2, 0.25) is 0 Å². The van der Waals surface area contributed by atoms with E-state index in [2.05, 4.69) is 0 Å². The first kappa shape index (κ1) is 24.9. The molecule has 0 aromatic rings. The van der Waals surface area contributed by atoms with Crippen LogP contribution in [-0.2, 0) is 23.9 Å². The van der Waals surface area contributed by atoms with Crippen molar-refractivity contribution in [2.75, 3.05) is 6.61 Å². The summed E-state index contributed by atoms with van der Waals surface area (Å²) in [4.78, 5) is 37.5. The van der Waals surface area contributed by atoms with Crippen LogP contribution in [0.1, 0.15) is 61.3 Å². The molecule has 7 heteroatoms. The van der Waals surface area contributed by atoms with Gasteiger partial charge in [0, 0.05) is 42.1 Å². The molecule has 0 bridgehead atoms. The highest BCUT2D eigenvalue weighted by atomic mass is 16.6. The normalized spacial score (nSPS) is 42.4. The Bertz CT molecular complexity index is 1050. The molecule has 4 rings (SSSR count). The molecule has 34 heavy (non-hydrogen) atoms. The first-order chi connectivity index (χ1) is 15.7. The average Bonchev–Trinajstić information content (AvgIpc) is 3.16. The largest absolute Gasteiger partial charge is 0.461 e. The summed E-state index contributed by atoms with van der Waals surface area (Å²) < 4.78 is 11.4. The van der Waals surface area contributed by atoms with Crippen LogP contribution in [-0.4, -0.2) is 51.3 Å². The number of ether oxygens (including phenoxy) is 2. The van der Waals surface area contributed by atoms with E-state index in [1.165, 1.54) is 6.92 Å². The van der Waals surface area contributed by atoms with Crippen molar-refractivity contribution in [2.45, 2.75) is 78.1 Å². The van der Waals surface area contributed by atoms with Crippen molar-refractivity contribution in [3.8, 4) is 0 Å². The second-order valence-electron chi connectivity index (χ2n) is 11.3. The van der Waals surface area contributed by atoms with Crippen molar-refractivity contribution in [1.82, 2.24) is 0 Å². The van der Waals surface area contributed by atoms with Gasteiger partial charge in [-0.2, -0.15) is 0 Å². The lowest BCUT2D eigenvalue weighted by Gasteiger charge is -2.50. The standard InChI is InChI=1S/C27H36O7/c1-8-14(2)23(30)34-26-11-16(4)27(32)19(21(26)24(26,6)7)10-18(13-33-17(5)28)12-25(31)20(27)9-15(3)22(25)29/h8-10,16,19-21,31-32H,11-13H2,1-7H3/b14-8-/t16-,19?,20-,21+,25-,26+,27-/m1/s1. The molecule has 4 aliphatic carbocycles. The summed E-state index contributed by atoms with van der Waals surface area (Å²) in [6.07, 6.45) is 5.68. The van der Waals surface area contributed by atoms with Crippen LogP contribution in [0.25, 0.3) is 0 Å². The van der Waals surface area contributed by atoms with Gasteiger partial charge in [0.05, 0.1) is 5.60 Å². The third kappa shape index (κ3) is 3.12. The van der Waals surface area contributed by atoms with Gasteiger partial charge in [-0.05, 0) is 44.3 Å². The molecule has 0 aromatic heterocycles. The highest BCUT2D eigenvalue weighted by molar-refractivity contribution is 6.04. The first-order valence-corrected chi connectivity index (χ1v) is 12.0. The molecule has 2 N–H and O–H groups in total. The molecule has 4 aliphatic rings. The highest BCUT2D eigenvalue weighted by Crippen LogP contribution is 2.76. The lowest BCUT2D eigenvalue weighted by Crippen LogP contribution is -2.61. The quantitative estimate of drug-likeness (QED) is 0.368. The van der Waals surface area contributed by atoms with E-state index in [9.17, 15) is 24.6 Å². The Morgan fingerprint density at radius 1 is 1.21 bits per heavy atom. The van der Waals surface area contributed by atoms with E-state index >= 15 is 0 Å². The van der Waals surface area contributed by atoms with Crippen LogP contribution < -0.4 is 0 Å². The molecule has 1 unspecified atom stereocenters. The molecule has 0 amide bonds. The number of carbonyl (C=O) groups is 3. The van der Waals surface area contributed by atoms with Gasteiger partial charge in [0.25, 0.3) is 0 Å². The predicted molar refractivity (Wildman–Crippen MR) is 124 cm³/mol. The number of ketones is 1. The van der Waals surface area contributed by atoms with Crippen LogP contribution in [0.15, 0.2) is 34.9 Å². The van der Waals surface area contributed by atoms with Gasteiger partial charge in [-0.15, -0.1) is 0 Å². The zero-order chi connectivity index (χ0) is 25.4. The van der Waals surface area contributed by atoms with Crippen molar-refractivity contribution in [1.29, 1.82) is 0 Å². The third-order valence-corrected chi connectivity index (χ3v) is 9.16. The van der Waals surface area contributed by atoms with Gasteiger partial charge in [0.2, 0.25) is 0 Å². The van der Waals surface area contributed by atoms with Gasteiger partial charge in [-0.3, -0.25) is 9.59 Å². The van der Waals surface area contributed by atoms with Gasteiger partial charge in [-0.25, -0.2) is 4.79 Å². The monoisotopic (exact) mass is 472 g/mol. The van der Waals surface area contributed by atoms with E-state index < -0.39 is 45.8 Å². The maximum absolute atomic E-state index is 13.1. The van der Waals surface area contributed by atoms with Crippen LogP contribution in [0.4, 0.5) is 0 Å². The maximum Gasteiger partial charge on any atom is 0.333 e. The Hall–Kier alpha value is -2.25. The van der Waals surface area contributed by atoms with Crippen molar-refractivity contribution < 1.29 is 34.1 Å². The van der Waals surface area contributed by atoms with Crippen molar-refractivity contribution >= 4 is 17.7 Å². The van der Waals surface area contributed by atoms with E-state index in [-0.39, 0.29) is 30.8 Å². The van der Waals surface area contributed by atoms with Crippen molar-refractivity contribution in [2.24, 2.45) is 29.1 Å². The molecule has 0 aliphatic heterocycles. The second kappa shape index (κ2) is 7.62. The van der Waals surface area contributed by atoms with Crippen molar-refractivity contribution in [3.05, 3.63) is 34.9 Å². The maximum atomic E-state index is 13.1. The summed E-state index contributed by atoms with van der Waals surface area (Å²) in [5.41, 5.74) is -2.95. The Morgan fingerprint density at radius 2 is 1.85 bits per heavy atom. The Morgan fingerprint density at radius 3 is 2.44 bits per heavy atom. The molecule has 0 heterocycles.